The summed E-state index contributed by atoms with van der Waals surface area (Å²) in [5, 5.41) is 0. The fourth-order valence-electron chi connectivity index (χ4n) is 10.7. The number of anilines is 2. The van der Waals surface area contributed by atoms with Gasteiger partial charge in [-0.05, 0) is 73.2 Å². The van der Waals surface area contributed by atoms with Crippen molar-refractivity contribution in [2.45, 2.75) is 277 Å². The molecule has 0 bridgehead atoms. The van der Waals surface area contributed by atoms with Crippen LogP contribution in [0.25, 0.3) is 0 Å². The zero-order chi connectivity index (χ0) is 50.9. The summed E-state index contributed by atoms with van der Waals surface area (Å²) in [4.78, 5) is 32.0. The van der Waals surface area contributed by atoms with Crippen LogP contribution in [0.4, 0.5) is 11.4 Å². The summed E-state index contributed by atoms with van der Waals surface area (Å²) in [5.74, 6) is -0.246. The van der Waals surface area contributed by atoms with Gasteiger partial charge in [-0.3, -0.25) is 9.59 Å². The minimum absolute atomic E-state index is 0.121. The van der Waals surface area contributed by atoms with Gasteiger partial charge in [0, 0.05) is 53.2 Å². The van der Waals surface area contributed by atoms with Crippen LogP contribution < -0.4 is 11.5 Å². The molecule has 4 aromatic rings. The van der Waals surface area contributed by atoms with Crippen LogP contribution in [0, 0.1) is 0 Å². The van der Waals surface area contributed by atoms with E-state index in [1.54, 1.807) is 12.1 Å². The molecule has 6 heteroatoms. The first-order chi connectivity index (χ1) is 35.4. The zero-order valence-electron chi connectivity index (χ0n) is 45.6. The normalized spacial score (nSPS) is 12.2. The van der Waals surface area contributed by atoms with Crippen molar-refractivity contribution in [3.05, 3.63) is 106 Å². The number of benzene rings is 4. The second-order valence-corrected chi connectivity index (χ2v) is 23.7. The number of aryl methyl sites for hydroxylation is 2. The first kappa shape index (κ1) is 59.4. The molecule has 4 aromatic carbocycles. The third-order valence-corrected chi connectivity index (χ3v) is 17.5. The number of carbonyl (C=O) groups is 2. The SMILES string of the molecule is CCCCCCCCCCCCCCCCCCCCc1ccc(Sc2cccc3c2C(=O)c2c(Sc4ccc(CCCCCCCCCCCCCCCCCCCC)cc4N)cccc2C3=O)c(N)c1. The average Bonchev–Trinajstić information content (AvgIpc) is 3.38. The van der Waals surface area contributed by atoms with Gasteiger partial charge in [-0.15, -0.1) is 0 Å². The first-order valence-corrected chi connectivity index (χ1v) is 31.5. The molecule has 5 rings (SSSR count). The van der Waals surface area contributed by atoms with E-state index >= 15 is 0 Å². The molecule has 0 aromatic heterocycles. The van der Waals surface area contributed by atoms with Crippen molar-refractivity contribution in [1.82, 2.24) is 0 Å². The van der Waals surface area contributed by atoms with Crippen LogP contribution in [-0.2, 0) is 12.8 Å². The summed E-state index contributed by atoms with van der Waals surface area (Å²) in [6.45, 7) is 4.59. The second kappa shape index (κ2) is 36.5. The Morgan fingerprint density at radius 1 is 0.319 bits per heavy atom. The number of rotatable bonds is 42. The Balaban J connectivity index is 0.989. The zero-order valence-corrected chi connectivity index (χ0v) is 47.2. The van der Waals surface area contributed by atoms with Gasteiger partial charge in [0.05, 0.1) is 0 Å². The number of hydrogen-bond acceptors (Lipinski definition) is 6. The molecule has 0 aliphatic heterocycles. The first-order valence-electron chi connectivity index (χ1n) is 29.9. The Labute approximate surface area is 448 Å². The van der Waals surface area contributed by atoms with Crippen LogP contribution in [0.1, 0.15) is 288 Å². The van der Waals surface area contributed by atoms with Crippen molar-refractivity contribution in [2.24, 2.45) is 0 Å². The Hall–Kier alpha value is -3.48. The lowest BCUT2D eigenvalue weighted by atomic mass is 9.84. The van der Waals surface area contributed by atoms with Crippen LogP contribution in [0.2, 0.25) is 0 Å². The maximum absolute atomic E-state index is 14.6. The van der Waals surface area contributed by atoms with E-state index in [1.807, 2.05) is 24.3 Å². The molecule has 0 saturated heterocycles. The summed E-state index contributed by atoms with van der Waals surface area (Å²) in [6, 6.07) is 23.9. The molecule has 0 unspecified atom stereocenters. The number of nitrogen functional groups attached to an aromatic ring is 2. The molecule has 0 spiro atoms. The molecule has 0 heterocycles. The monoisotopic (exact) mass is 1010 g/mol. The minimum atomic E-state index is -0.126. The number of hydrogen-bond donors (Lipinski definition) is 2. The van der Waals surface area contributed by atoms with Crippen LogP contribution in [-0.4, -0.2) is 11.6 Å². The van der Waals surface area contributed by atoms with E-state index in [4.69, 9.17) is 11.5 Å². The van der Waals surface area contributed by atoms with Gasteiger partial charge in [0.2, 0.25) is 0 Å². The molecule has 1 aliphatic carbocycles. The summed E-state index contributed by atoms with van der Waals surface area (Å²) < 4.78 is 0. The molecule has 1 aliphatic rings. The van der Waals surface area contributed by atoms with Gasteiger partial charge < -0.3 is 11.5 Å². The van der Waals surface area contributed by atoms with Crippen LogP contribution >= 0.6 is 23.5 Å². The van der Waals surface area contributed by atoms with E-state index in [2.05, 4.69) is 50.2 Å². The summed E-state index contributed by atoms with van der Waals surface area (Å²) in [5.41, 5.74) is 19.1. The molecule has 396 valence electrons. The Bertz CT molecular complexity index is 2000. The molecule has 0 radical (unpaired) electrons. The van der Waals surface area contributed by atoms with Gasteiger partial charge in [-0.2, -0.15) is 0 Å². The molecule has 0 atom stereocenters. The molecule has 72 heavy (non-hydrogen) atoms. The second-order valence-electron chi connectivity index (χ2n) is 21.5. The van der Waals surface area contributed by atoms with E-state index in [-0.39, 0.29) is 11.6 Å². The number of ketones is 2. The highest BCUT2D eigenvalue weighted by Crippen LogP contribution is 2.43. The predicted molar refractivity (Wildman–Crippen MR) is 315 cm³/mol. The van der Waals surface area contributed by atoms with E-state index < -0.39 is 0 Å². The van der Waals surface area contributed by atoms with Crippen molar-refractivity contribution in [2.75, 3.05) is 11.5 Å². The Morgan fingerprint density at radius 2 is 0.597 bits per heavy atom. The van der Waals surface area contributed by atoms with Gasteiger partial charge in [0.25, 0.3) is 0 Å². The third-order valence-electron chi connectivity index (χ3n) is 15.2. The number of fused-ring (bicyclic) bond motifs is 2. The Morgan fingerprint density at radius 3 is 0.875 bits per heavy atom. The lowest BCUT2D eigenvalue weighted by Crippen LogP contribution is -2.22. The van der Waals surface area contributed by atoms with Gasteiger partial charge >= 0.3 is 0 Å². The number of unbranched alkanes of at least 4 members (excludes halogenated alkanes) is 34. The van der Waals surface area contributed by atoms with Crippen LogP contribution in [0.15, 0.2) is 92.4 Å². The van der Waals surface area contributed by atoms with E-state index in [0.717, 1.165) is 32.4 Å². The smallest absolute Gasteiger partial charge is 0.196 e. The topological polar surface area (TPSA) is 86.2 Å². The van der Waals surface area contributed by atoms with E-state index in [1.165, 1.54) is 266 Å². The maximum atomic E-state index is 14.6. The summed E-state index contributed by atoms with van der Waals surface area (Å²) in [7, 11) is 0. The van der Waals surface area contributed by atoms with Gasteiger partial charge in [-0.25, -0.2) is 0 Å². The largest absolute Gasteiger partial charge is 0.398 e. The molecule has 4 N–H and O–H groups in total. The minimum Gasteiger partial charge on any atom is -0.398 e. The molecular formula is C66H98N2O2S2. The molecule has 0 saturated carbocycles. The quantitative estimate of drug-likeness (QED) is 0.0299. The fourth-order valence-corrected chi connectivity index (χ4v) is 12.7. The molecule has 0 fully saturated rings. The fraction of sp³-hybridized carbons (Fsp3) is 0.606. The third kappa shape index (κ3) is 21.8. The van der Waals surface area contributed by atoms with Crippen LogP contribution in [0.3, 0.4) is 0 Å². The van der Waals surface area contributed by atoms with Crippen molar-refractivity contribution in [3.8, 4) is 0 Å². The standard InChI is InChI=1S/C66H98N2O2S2/c1-3-5-7-9-11-13-15-17-19-21-23-25-27-29-31-33-35-37-41-53-47-49-59(57(67)51-53)71-61-45-39-43-55-63(61)66(70)64-56(65(55)69)44-40-46-62(64)72-60-50-48-54(52-58(60)68)42-38-36-34-32-30-28-26-24-22-20-18-16-14-12-10-8-6-4-2/h39-40,43-52H,3-38,41-42,67-68H2,1-2H3. The predicted octanol–water partition coefficient (Wildman–Crippen LogP) is 21.1. The highest BCUT2D eigenvalue weighted by Gasteiger charge is 2.34. The highest BCUT2D eigenvalue weighted by atomic mass is 32.2. The average molecular weight is 1020 g/mol. The lowest BCUT2D eigenvalue weighted by Gasteiger charge is -2.22. The van der Waals surface area contributed by atoms with Gasteiger partial charge in [0.1, 0.15) is 0 Å². The van der Waals surface area contributed by atoms with Crippen molar-refractivity contribution < 1.29 is 9.59 Å². The number of carbonyl (C=O) groups excluding carboxylic acids is 2. The van der Waals surface area contributed by atoms with Gasteiger partial charge in [0.15, 0.2) is 11.6 Å². The van der Waals surface area contributed by atoms with Gasteiger partial charge in [-0.1, -0.05) is 292 Å². The lowest BCUT2D eigenvalue weighted by molar-refractivity contribution is 0.0974. The van der Waals surface area contributed by atoms with E-state index in [9.17, 15) is 9.59 Å². The molecule has 4 nitrogen and oxygen atoms in total. The van der Waals surface area contributed by atoms with Crippen molar-refractivity contribution in [1.29, 1.82) is 0 Å². The summed E-state index contributed by atoms with van der Waals surface area (Å²) >= 11 is 2.95. The Kier molecular flexibility index (Phi) is 30.1. The van der Waals surface area contributed by atoms with E-state index in [0.29, 0.717) is 33.6 Å². The molecule has 0 amide bonds. The van der Waals surface area contributed by atoms with Crippen LogP contribution in [0.5, 0.6) is 0 Å². The molecular weight excluding hydrogens is 917 g/mol. The highest BCUT2D eigenvalue weighted by molar-refractivity contribution is 8.00. The maximum Gasteiger partial charge on any atom is 0.196 e. The summed E-state index contributed by atoms with van der Waals surface area (Å²) in [6.07, 6.45) is 51.7. The number of nitrogens with two attached hydrogens (primary N) is 2. The van der Waals surface area contributed by atoms with Crippen molar-refractivity contribution in [3.63, 3.8) is 0 Å². The van der Waals surface area contributed by atoms with Crippen molar-refractivity contribution >= 4 is 46.5 Å².